The molecule has 1 aromatic carbocycles. The Kier molecular flexibility index (Phi) is 8.11. The Balaban J connectivity index is 0.00000338. The second-order valence-electron chi connectivity index (χ2n) is 5.39. The van der Waals surface area contributed by atoms with Crippen molar-refractivity contribution < 1.29 is 22.4 Å². The average molecular weight is 485 g/mol. The van der Waals surface area contributed by atoms with Gasteiger partial charge in [0.1, 0.15) is 0 Å². The summed E-state index contributed by atoms with van der Waals surface area (Å²) in [6, 6.07) is 5.54. The molecule has 0 atom stereocenters. The van der Waals surface area contributed by atoms with Crippen LogP contribution in [-0.2, 0) is 6.42 Å². The van der Waals surface area contributed by atoms with Crippen LogP contribution in [-0.4, -0.2) is 29.0 Å². The number of nitrogens with two attached hydrogens (primary N) is 1. The minimum Gasteiger partial charge on any atom is -0.404 e. The third-order valence-corrected chi connectivity index (χ3v) is 2.98. The summed E-state index contributed by atoms with van der Waals surface area (Å²) >= 11 is 0. The number of alkyl halides is 3. The molecule has 0 aliphatic heterocycles. The van der Waals surface area contributed by atoms with Gasteiger partial charge in [0.15, 0.2) is 17.5 Å². The van der Waals surface area contributed by atoms with Crippen molar-refractivity contribution in [3.05, 3.63) is 36.0 Å². The quantitative estimate of drug-likeness (QED) is 0.368. The minimum absolute atomic E-state index is 0. The van der Waals surface area contributed by atoms with Crippen molar-refractivity contribution in [2.75, 3.05) is 11.9 Å². The molecule has 1 heterocycles. The average Bonchev–Trinajstić information content (AvgIpc) is 2.97. The summed E-state index contributed by atoms with van der Waals surface area (Å²) in [4.78, 5) is 8.22. The first kappa shape index (κ1) is 22.0. The standard InChI is InChI=1S/C15H18F3N5O2.HI/c1-9(2)13-22-12(25-23-13)7-8-20-14(19)21-10-5-3-4-6-11(10)24-15(16,17)18;/h3-6,9H,7-8H2,1-2H3,(H3,19,20,21);1H. The van der Waals surface area contributed by atoms with E-state index in [-0.39, 0.29) is 48.1 Å². The summed E-state index contributed by atoms with van der Waals surface area (Å²) in [6.07, 6.45) is -4.43. The number of benzene rings is 1. The van der Waals surface area contributed by atoms with Crippen molar-refractivity contribution in [1.82, 2.24) is 10.1 Å². The predicted octanol–water partition coefficient (Wildman–Crippen LogP) is 3.68. The van der Waals surface area contributed by atoms with Gasteiger partial charge in [-0.15, -0.1) is 37.1 Å². The smallest absolute Gasteiger partial charge is 0.404 e. The van der Waals surface area contributed by atoms with Crippen molar-refractivity contribution in [3.8, 4) is 5.75 Å². The van der Waals surface area contributed by atoms with Gasteiger partial charge >= 0.3 is 6.36 Å². The number of nitrogens with one attached hydrogen (secondary N) is 1. The zero-order valence-electron chi connectivity index (χ0n) is 14.1. The number of anilines is 1. The maximum absolute atomic E-state index is 12.4. The number of aromatic nitrogens is 2. The molecule has 0 radical (unpaired) electrons. The van der Waals surface area contributed by atoms with E-state index in [2.05, 4.69) is 25.2 Å². The molecule has 0 spiro atoms. The van der Waals surface area contributed by atoms with Crippen molar-refractivity contribution >= 4 is 35.6 Å². The number of aliphatic imine (C=N–C) groups is 1. The SMILES string of the molecule is CC(C)c1noc(CCN=C(N)Nc2ccccc2OC(F)(F)F)n1.I. The van der Waals surface area contributed by atoms with Crippen LogP contribution in [0.1, 0.15) is 31.5 Å². The highest BCUT2D eigenvalue weighted by molar-refractivity contribution is 14.0. The van der Waals surface area contributed by atoms with Gasteiger partial charge in [0, 0.05) is 12.3 Å². The van der Waals surface area contributed by atoms with Crippen LogP contribution in [0.5, 0.6) is 5.75 Å². The van der Waals surface area contributed by atoms with Crippen LogP contribution >= 0.6 is 24.0 Å². The molecule has 3 N–H and O–H groups in total. The van der Waals surface area contributed by atoms with Gasteiger partial charge in [0.2, 0.25) is 5.89 Å². The van der Waals surface area contributed by atoms with Crippen molar-refractivity contribution in [1.29, 1.82) is 0 Å². The Morgan fingerprint density at radius 2 is 2.04 bits per heavy atom. The Morgan fingerprint density at radius 1 is 1.35 bits per heavy atom. The lowest BCUT2D eigenvalue weighted by molar-refractivity contribution is -0.274. The fourth-order valence-corrected chi connectivity index (χ4v) is 1.84. The number of guanidine groups is 1. The highest BCUT2D eigenvalue weighted by Gasteiger charge is 2.32. The molecule has 0 saturated carbocycles. The van der Waals surface area contributed by atoms with E-state index < -0.39 is 12.1 Å². The van der Waals surface area contributed by atoms with E-state index in [1.54, 1.807) is 6.07 Å². The summed E-state index contributed by atoms with van der Waals surface area (Å²) < 4.78 is 46.1. The second-order valence-corrected chi connectivity index (χ2v) is 5.39. The maximum atomic E-state index is 12.4. The number of para-hydroxylation sites is 2. The molecule has 0 aliphatic rings. The third-order valence-electron chi connectivity index (χ3n) is 2.98. The highest BCUT2D eigenvalue weighted by atomic mass is 127. The summed E-state index contributed by atoms with van der Waals surface area (Å²) in [5.74, 6) is 0.718. The summed E-state index contributed by atoms with van der Waals surface area (Å²) in [7, 11) is 0. The molecule has 26 heavy (non-hydrogen) atoms. The number of hydrogen-bond acceptors (Lipinski definition) is 5. The van der Waals surface area contributed by atoms with E-state index in [1.807, 2.05) is 13.8 Å². The Bertz CT molecular complexity index is 734. The lowest BCUT2D eigenvalue weighted by Gasteiger charge is -2.14. The Labute approximate surface area is 165 Å². The number of nitrogens with zero attached hydrogens (tertiary/aromatic N) is 3. The molecule has 0 unspecified atom stereocenters. The normalized spacial score (nSPS) is 12.0. The monoisotopic (exact) mass is 485 g/mol. The summed E-state index contributed by atoms with van der Waals surface area (Å²) in [5.41, 5.74) is 5.75. The topological polar surface area (TPSA) is 98.6 Å². The molecule has 11 heteroatoms. The molecule has 7 nitrogen and oxygen atoms in total. The zero-order valence-corrected chi connectivity index (χ0v) is 16.4. The van der Waals surface area contributed by atoms with Gasteiger partial charge in [0.05, 0.1) is 12.2 Å². The summed E-state index contributed by atoms with van der Waals surface area (Å²) in [5, 5.41) is 6.40. The minimum atomic E-state index is -4.80. The van der Waals surface area contributed by atoms with Crippen LogP contribution in [0.15, 0.2) is 33.8 Å². The fourth-order valence-electron chi connectivity index (χ4n) is 1.84. The van der Waals surface area contributed by atoms with Gasteiger partial charge in [-0.1, -0.05) is 31.1 Å². The molecule has 2 rings (SSSR count). The van der Waals surface area contributed by atoms with Gasteiger partial charge in [0.25, 0.3) is 0 Å². The molecule has 2 aromatic rings. The van der Waals surface area contributed by atoms with Crippen LogP contribution in [0.3, 0.4) is 0 Å². The van der Waals surface area contributed by atoms with Gasteiger partial charge in [-0.3, -0.25) is 4.99 Å². The van der Waals surface area contributed by atoms with E-state index in [0.29, 0.717) is 18.1 Å². The van der Waals surface area contributed by atoms with Gasteiger partial charge in [-0.25, -0.2) is 0 Å². The van der Waals surface area contributed by atoms with Crippen LogP contribution in [0.2, 0.25) is 0 Å². The molecule has 0 fully saturated rings. The Hall–Kier alpha value is -2.05. The zero-order chi connectivity index (χ0) is 18.4. The first-order valence-electron chi connectivity index (χ1n) is 7.49. The first-order chi connectivity index (χ1) is 11.7. The highest BCUT2D eigenvalue weighted by Crippen LogP contribution is 2.29. The molecule has 1 aromatic heterocycles. The van der Waals surface area contributed by atoms with Gasteiger partial charge < -0.3 is 20.3 Å². The van der Waals surface area contributed by atoms with Crippen molar-refractivity contribution in [2.24, 2.45) is 10.7 Å². The van der Waals surface area contributed by atoms with Crippen molar-refractivity contribution in [3.63, 3.8) is 0 Å². The number of halogens is 4. The fraction of sp³-hybridized carbons (Fsp3) is 0.400. The molecule has 0 saturated heterocycles. The second kappa shape index (κ2) is 9.59. The first-order valence-corrected chi connectivity index (χ1v) is 7.49. The van der Waals surface area contributed by atoms with Gasteiger partial charge in [-0.2, -0.15) is 4.98 Å². The van der Waals surface area contributed by atoms with E-state index in [4.69, 9.17) is 10.3 Å². The predicted molar refractivity (Wildman–Crippen MR) is 101 cm³/mol. The lowest BCUT2D eigenvalue weighted by Crippen LogP contribution is -2.24. The van der Waals surface area contributed by atoms with Crippen LogP contribution in [0.4, 0.5) is 18.9 Å². The molecular weight excluding hydrogens is 466 g/mol. The van der Waals surface area contributed by atoms with E-state index >= 15 is 0 Å². The van der Waals surface area contributed by atoms with E-state index in [1.165, 1.54) is 18.2 Å². The number of rotatable bonds is 6. The molecule has 0 bridgehead atoms. The maximum Gasteiger partial charge on any atom is 0.573 e. The number of hydrogen-bond donors (Lipinski definition) is 2. The number of ether oxygens (including phenoxy) is 1. The molecular formula is C15H19F3IN5O2. The lowest BCUT2D eigenvalue weighted by atomic mass is 10.2. The largest absolute Gasteiger partial charge is 0.573 e. The van der Waals surface area contributed by atoms with Crippen LogP contribution < -0.4 is 15.8 Å². The van der Waals surface area contributed by atoms with Gasteiger partial charge in [-0.05, 0) is 12.1 Å². The molecule has 144 valence electrons. The third kappa shape index (κ3) is 7.06. The van der Waals surface area contributed by atoms with Crippen molar-refractivity contribution in [2.45, 2.75) is 32.5 Å². The van der Waals surface area contributed by atoms with E-state index in [0.717, 1.165) is 0 Å². The molecule has 0 aliphatic carbocycles. The Morgan fingerprint density at radius 3 is 2.65 bits per heavy atom. The van der Waals surface area contributed by atoms with Crippen LogP contribution in [0.25, 0.3) is 0 Å². The summed E-state index contributed by atoms with van der Waals surface area (Å²) in [6.45, 7) is 4.12. The van der Waals surface area contributed by atoms with E-state index in [9.17, 15) is 13.2 Å². The molecule has 0 amide bonds. The van der Waals surface area contributed by atoms with Crippen LogP contribution in [0, 0.1) is 0 Å².